The molecule has 1 saturated heterocycles. The van der Waals surface area contributed by atoms with E-state index in [-0.39, 0.29) is 30.0 Å². The van der Waals surface area contributed by atoms with Crippen LogP contribution in [0.25, 0.3) is 0 Å². The highest BCUT2D eigenvalue weighted by Crippen LogP contribution is 2.30. The zero-order valence-corrected chi connectivity index (χ0v) is 8.48. The fourth-order valence-corrected chi connectivity index (χ4v) is 1.75. The van der Waals surface area contributed by atoms with Gasteiger partial charge in [0.05, 0.1) is 0 Å². The third-order valence-corrected chi connectivity index (χ3v) is 2.43. The maximum atomic E-state index is 12.9. The Morgan fingerprint density at radius 3 is 2.86 bits per heavy atom. The van der Waals surface area contributed by atoms with E-state index in [1.807, 2.05) is 0 Å². The first-order chi connectivity index (χ1) is 6.27. The van der Waals surface area contributed by atoms with Crippen molar-refractivity contribution >= 4 is 12.4 Å². The number of hydrogen-bond donors (Lipinski definition) is 2. The second-order valence-corrected chi connectivity index (χ2v) is 3.35. The van der Waals surface area contributed by atoms with E-state index in [1.165, 1.54) is 18.2 Å². The molecule has 4 heteroatoms. The van der Waals surface area contributed by atoms with Gasteiger partial charge in [0.15, 0.2) is 0 Å². The minimum atomic E-state index is -0.290. The van der Waals surface area contributed by atoms with Crippen LogP contribution >= 0.6 is 12.4 Å². The van der Waals surface area contributed by atoms with Crippen molar-refractivity contribution in [3.63, 3.8) is 0 Å². The maximum absolute atomic E-state index is 12.9. The van der Waals surface area contributed by atoms with E-state index in [2.05, 4.69) is 5.32 Å². The molecule has 1 aliphatic heterocycles. The van der Waals surface area contributed by atoms with Gasteiger partial charge in [0, 0.05) is 11.6 Å². The SMILES string of the molecule is Cl.Oc1ccc(F)cc1[C@@H]1CCCN1. The molecule has 0 spiro atoms. The van der Waals surface area contributed by atoms with Crippen molar-refractivity contribution in [2.45, 2.75) is 18.9 Å². The van der Waals surface area contributed by atoms with Crippen molar-refractivity contribution in [1.29, 1.82) is 0 Å². The van der Waals surface area contributed by atoms with Gasteiger partial charge in [-0.05, 0) is 37.6 Å². The molecule has 0 aliphatic carbocycles. The minimum Gasteiger partial charge on any atom is -0.508 e. The normalized spacial score (nSPS) is 20.5. The fourth-order valence-electron chi connectivity index (χ4n) is 1.75. The van der Waals surface area contributed by atoms with Crippen LogP contribution in [-0.2, 0) is 0 Å². The van der Waals surface area contributed by atoms with Crippen LogP contribution in [0.5, 0.6) is 5.75 Å². The zero-order valence-electron chi connectivity index (χ0n) is 7.66. The fraction of sp³-hybridized carbons (Fsp3) is 0.400. The minimum absolute atomic E-state index is 0. The van der Waals surface area contributed by atoms with Crippen LogP contribution in [0.4, 0.5) is 4.39 Å². The largest absolute Gasteiger partial charge is 0.508 e. The van der Waals surface area contributed by atoms with Crippen molar-refractivity contribution in [1.82, 2.24) is 5.32 Å². The highest BCUT2D eigenvalue weighted by molar-refractivity contribution is 5.85. The molecule has 2 rings (SSSR count). The van der Waals surface area contributed by atoms with E-state index in [0.717, 1.165) is 19.4 Å². The number of aromatic hydroxyl groups is 1. The molecule has 1 aromatic rings. The van der Waals surface area contributed by atoms with Crippen LogP contribution < -0.4 is 5.32 Å². The first kappa shape index (κ1) is 11.3. The Labute approximate surface area is 88.5 Å². The maximum Gasteiger partial charge on any atom is 0.123 e. The monoisotopic (exact) mass is 217 g/mol. The Bertz CT molecular complexity index is 313. The summed E-state index contributed by atoms with van der Waals surface area (Å²) in [6, 6.07) is 4.20. The molecule has 1 fully saturated rings. The molecule has 2 N–H and O–H groups in total. The zero-order chi connectivity index (χ0) is 9.26. The van der Waals surface area contributed by atoms with Gasteiger partial charge in [-0.3, -0.25) is 0 Å². The first-order valence-electron chi connectivity index (χ1n) is 4.49. The molecule has 1 aromatic carbocycles. The molecule has 0 unspecified atom stereocenters. The standard InChI is InChI=1S/C10H12FNO.ClH/c11-7-3-4-10(13)8(6-7)9-2-1-5-12-9;/h3-4,6,9,12-13H,1-2,5H2;1H/t9-;/m0./s1. The summed E-state index contributed by atoms with van der Waals surface area (Å²) in [4.78, 5) is 0. The van der Waals surface area contributed by atoms with Gasteiger partial charge in [0.25, 0.3) is 0 Å². The number of benzene rings is 1. The number of nitrogens with one attached hydrogen (secondary N) is 1. The van der Waals surface area contributed by atoms with Crippen molar-refractivity contribution in [2.75, 3.05) is 6.54 Å². The third-order valence-electron chi connectivity index (χ3n) is 2.43. The first-order valence-corrected chi connectivity index (χ1v) is 4.49. The van der Waals surface area contributed by atoms with Gasteiger partial charge < -0.3 is 10.4 Å². The summed E-state index contributed by atoms with van der Waals surface area (Å²) in [6.07, 6.45) is 2.05. The molecule has 1 heterocycles. The summed E-state index contributed by atoms with van der Waals surface area (Å²) in [5, 5.41) is 12.7. The highest BCUT2D eigenvalue weighted by Gasteiger charge is 2.19. The summed E-state index contributed by atoms with van der Waals surface area (Å²) in [6.45, 7) is 0.945. The number of halogens is 2. The summed E-state index contributed by atoms with van der Waals surface area (Å²) in [5.74, 6) is -0.109. The van der Waals surface area contributed by atoms with Gasteiger partial charge in [-0.15, -0.1) is 12.4 Å². The number of hydrogen-bond acceptors (Lipinski definition) is 2. The molecule has 14 heavy (non-hydrogen) atoms. The van der Waals surface area contributed by atoms with Crippen LogP contribution in [0.1, 0.15) is 24.4 Å². The molecular weight excluding hydrogens is 205 g/mol. The van der Waals surface area contributed by atoms with Crippen LogP contribution in [0.15, 0.2) is 18.2 Å². The van der Waals surface area contributed by atoms with Crippen LogP contribution in [0, 0.1) is 5.82 Å². The Hall–Kier alpha value is -0.800. The van der Waals surface area contributed by atoms with Gasteiger partial charge in [-0.1, -0.05) is 0 Å². The molecule has 0 saturated carbocycles. The molecule has 0 bridgehead atoms. The summed E-state index contributed by atoms with van der Waals surface area (Å²) in [7, 11) is 0. The van der Waals surface area contributed by atoms with E-state index in [9.17, 15) is 9.50 Å². The van der Waals surface area contributed by atoms with Crippen molar-refractivity contribution in [2.24, 2.45) is 0 Å². The molecule has 0 radical (unpaired) electrons. The lowest BCUT2D eigenvalue weighted by Gasteiger charge is -2.11. The second kappa shape index (κ2) is 4.62. The molecule has 2 nitrogen and oxygen atoms in total. The van der Waals surface area contributed by atoms with Gasteiger partial charge in [-0.25, -0.2) is 4.39 Å². The molecule has 78 valence electrons. The van der Waals surface area contributed by atoms with E-state index in [1.54, 1.807) is 0 Å². The number of rotatable bonds is 1. The smallest absolute Gasteiger partial charge is 0.123 e. The van der Waals surface area contributed by atoms with E-state index in [4.69, 9.17) is 0 Å². The third kappa shape index (κ3) is 2.16. The van der Waals surface area contributed by atoms with E-state index < -0.39 is 0 Å². The average Bonchev–Trinajstić information content (AvgIpc) is 2.61. The van der Waals surface area contributed by atoms with Crippen molar-refractivity contribution in [3.05, 3.63) is 29.6 Å². The van der Waals surface area contributed by atoms with Crippen LogP contribution in [0.2, 0.25) is 0 Å². The predicted octanol–water partition coefficient (Wildman–Crippen LogP) is 2.38. The van der Waals surface area contributed by atoms with Crippen molar-refractivity contribution < 1.29 is 9.50 Å². The summed E-state index contributed by atoms with van der Waals surface area (Å²) < 4.78 is 12.9. The Morgan fingerprint density at radius 2 is 2.21 bits per heavy atom. The molecular formula is C10H13ClFNO. The van der Waals surface area contributed by atoms with Crippen LogP contribution in [0.3, 0.4) is 0 Å². The molecule has 0 amide bonds. The van der Waals surface area contributed by atoms with Gasteiger partial charge >= 0.3 is 0 Å². The average molecular weight is 218 g/mol. The molecule has 1 aliphatic rings. The van der Waals surface area contributed by atoms with E-state index >= 15 is 0 Å². The quantitative estimate of drug-likeness (QED) is 0.757. The lowest BCUT2D eigenvalue weighted by molar-refractivity contribution is 0.453. The molecule has 0 aromatic heterocycles. The van der Waals surface area contributed by atoms with Crippen molar-refractivity contribution in [3.8, 4) is 5.75 Å². The Kier molecular flexibility index (Phi) is 3.72. The Balaban J connectivity index is 0.000000980. The molecule has 1 atom stereocenters. The van der Waals surface area contributed by atoms with Crippen LogP contribution in [-0.4, -0.2) is 11.7 Å². The number of phenols is 1. The predicted molar refractivity (Wildman–Crippen MR) is 55.3 cm³/mol. The van der Waals surface area contributed by atoms with Gasteiger partial charge in [0.2, 0.25) is 0 Å². The highest BCUT2D eigenvalue weighted by atomic mass is 35.5. The summed E-state index contributed by atoms with van der Waals surface area (Å²) in [5.41, 5.74) is 0.678. The van der Waals surface area contributed by atoms with Gasteiger partial charge in [-0.2, -0.15) is 0 Å². The Morgan fingerprint density at radius 1 is 1.43 bits per heavy atom. The number of phenolic OH excluding ortho intramolecular Hbond substituents is 1. The topological polar surface area (TPSA) is 32.3 Å². The summed E-state index contributed by atoms with van der Waals surface area (Å²) >= 11 is 0. The van der Waals surface area contributed by atoms with E-state index in [0.29, 0.717) is 5.56 Å². The lowest BCUT2D eigenvalue weighted by atomic mass is 10.0. The second-order valence-electron chi connectivity index (χ2n) is 3.35. The van der Waals surface area contributed by atoms with Gasteiger partial charge in [0.1, 0.15) is 11.6 Å². The lowest BCUT2D eigenvalue weighted by Crippen LogP contribution is -2.13.